The van der Waals surface area contributed by atoms with E-state index in [1.807, 2.05) is 72.8 Å². The third-order valence-electron chi connectivity index (χ3n) is 4.99. The van der Waals surface area contributed by atoms with Crippen LogP contribution in [0.5, 0.6) is 11.5 Å². The highest BCUT2D eigenvalue weighted by molar-refractivity contribution is 7.99. The molecule has 0 aliphatic heterocycles. The minimum absolute atomic E-state index is 0.0733. The second kappa shape index (κ2) is 11.1. The van der Waals surface area contributed by atoms with Crippen molar-refractivity contribution in [1.29, 1.82) is 0 Å². The molecule has 4 aromatic rings. The van der Waals surface area contributed by atoms with Gasteiger partial charge < -0.3 is 10.1 Å². The van der Waals surface area contributed by atoms with Gasteiger partial charge in [-0.05, 0) is 65.4 Å². The first kappa shape index (κ1) is 23.0. The van der Waals surface area contributed by atoms with Crippen LogP contribution in [0.4, 0.5) is 5.69 Å². The van der Waals surface area contributed by atoms with Crippen LogP contribution >= 0.6 is 23.4 Å². The zero-order chi connectivity index (χ0) is 23.0. The molecule has 3 nitrogen and oxygen atoms in total. The van der Waals surface area contributed by atoms with Crippen molar-refractivity contribution in [1.82, 2.24) is 0 Å². The van der Waals surface area contributed by atoms with E-state index in [4.69, 9.17) is 16.3 Å². The van der Waals surface area contributed by atoms with Gasteiger partial charge in [0, 0.05) is 27.2 Å². The molecule has 4 rings (SSSR count). The van der Waals surface area contributed by atoms with Crippen molar-refractivity contribution in [2.45, 2.75) is 18.2 Å². The summed E-state index contributed by atoms with van der Waals surface area (Å²) in [5, 5.41) is 3.65. The smallest absolute Gasteiger partial charge is 0.228 e. The van der Waals surface area contributed by atoms with Crippen LogP contribution in [0.15, 0.2) is 102 Å². The Labute approximate surface area is 203 Å². The molecule has 0 aliphatic rings. The van der Waals surface area contributed by atoms with E-state index < -0.39 is 0 Å². The van der Waals surface area contributed by atoms with Crippen molar-refractivity contribution < 1.29 is 9.53 Å². The van der Waals surface area contributed by atoms with Gasteiger partial charge in [0.15, 0.2) is 0 Å². The molecule has 0 fully saturated rings. The number of halogens is 1. The third kappa shape index (κ3) is 6.41. The van der Waals surface area contributed by atoms with Gasteiger partial charge in [0.2, 0.25) is 5.91 Å². The Morgan fingerprint density at radius 1 is 0.909 bits per heavy atom. The number of anilines is 1. The molecule has 33 heavy (non-hydrogen) atoms. The number of rotatable bonds is 8. The molecule has 0 unspecified atom stereocenters. The monoisotopic (exact) mass is 473 g/mol. The first-order chi connectivity index (χ1) is 16.1. The van der Waals surface area contributed by atoms with Crippen molar-refractivity contribution in [2.75, 3.05) is 11.1 Å². The molecule has 0 aliphatic carbocycles. The van der Waals surface area contributed by atoms with Gasteiger partial charge in [0.1, 0.15) is 11.5 Å². The zero-order valence-electron chi connectivity index (χ0n) is 18.3. The summed E-state index contributed by atoms with van der Waals surface area (Å²) in [6.07, 6.45) is 0.310. The van der Waals surface area contributed by atoms with E-state index in [1.54, 1.807) is 23.9 Å². The molecule has 1 amide bonds. The van der Waals surface area contributed by atoms with Crippen LogP contribution < -0.4 is 10.1 Å². The molecule has 5 heteroatoms. The topological polar surface area (TPSA) is 38.3 Å². The molecule has 0 bridgehead atoms. The van der Waals surface area contributed by atoms with E-state index in [1.165, 1.54) is 4.90 Å². The normalized spacial score (nSPS) is 10.6. The summed E-state index contributed by atoms with van der Waals surface area (Å²) in [6, 6.07) is 31.1. The fraction of sp³-hybridized carbons (Fsp3) is 0.107. The molecular formula is C28H24ClNO2S. The lowest BCUT2D eigenvalue weighted by molar-refractivity contribution is -0.115. The number of ether oxygens (including phenoxy) is 1. The molecular weight excluding hydrogens is 450 g/mol. The Hall–Kier alpha value is -3.21. The molecule has 1 N–H and O–H groups in total. The van der Waals surface area contributed by atoms with Crippen molar-refractivity contribution in [3.8, 4) is 22.6 Å². The maximum Gasteiger partial charge on any atom is 0.228 e. The first-order valence-electron chi connectivity index (χ1n) is 10.7. The molecule has 0 radical (unpaired) electrons. The SMILES string of the molecule is CCSc1ccc(CC(=O)Nc2ccc(-c3ccccc3)c(Oc3ccc(Cl)cc3)c2)cc1. The van der Waals surface area contributed by atoms with Gasteiger partial charge in [-0.2, -0.15) is 0 Å². The average Bonchev–Trinajstić information content (AvgIpc) is 2.83. The Kier molecular flexibility index (Phi) is 7.71. The maximum absolute atomic E-state index is 12.7. The number of carbonyl (C=O) groups is 1. The number of nitrogens with one attached hydrogen (secondary N) is 1. The second-order valence-electron chi connectivity index (χ2n) is 7.43. The molecule has 166 valence electrons. The van der Waals surface area contributed by atoms with Crippen LogP contribution in [0.25, 0.3) is 11.1 Å². The maximum atomic E-state index is 12.7. The third-order valence-corrected chi connectivity index (χ3v) is 6.14. The van der Waals surface area contributed by atoms with Crippen LogP contribution in [0.2, 0.25) is 5.02 Å². The van der Waals surface area contributed by atoms with E-state index in [9.17, 15) is 4.79 Å². The van der Waals surface area contributed by atoms with Crippen molar-refractivity contribution in [3.63, 3.8) is 0 Å². The molecule has 4 aromatic carbocycles. The van der Waals surface area contributed by atoms with E-state index in [-0.39, 0.29) is 5.91 Å². The van der Waals surface area contributed by atoms with Gasteiger partial charge in [0.05, 0.1) is 6.42 Å². The Bertz CT molecular complexity index is 1210. The molecule has 0 spiro atoms. The molecule has 0 saturated carbocycles. The Morgan fingerprint density at radius 2 is 1.64 bits per heavy atom. The summed E-state index contributed by atoms with van der Waals surface area (Å²) in [4.78, 5) is 13.9. The fourth-order valence-corrected chi connectivity index (χ4v) is 4.22. The predicted octanol–water partition coefficient (Wildman–Crippen LogP) is 8.09. The lowest BCUT2D eigenvalue weighted by Gasteiger charge is -2.14. The average molecular weight is 474 g/mol. The Morgan fingerprint density at radius 3 is 2.33 bits per heavy atom. The van der Waals surface area contributed by atoms with Gasteiger partial charge in [-0.1, -0.05) is 61.0 Å². The summed E-state index contributed by atoms with van der Waals surface area (Å²) >= 11 is 7.80. The van der Waals surface area contributed by atoms with Gasteiger partial charge in [-0.3, -0.25) is 4.79 Å². The Balaban J connectivity index is 1.54. The summed E-state index contributed by atoms with van der Waals surface area (Å²) in [7, 11) is 0. The largest absolute Gasteiger partial charge is 0.457 e. The number of amides is 1. The van der Waals surface area contributed by atoms with E-state index in [2.05, 4.69) is 24.4 Å². The second-order valence-corrected chi connectivity index (χ2v) is 9.21. The minimum Gasteiger partial charge on any atom is -0.457 e. The summed E-state index contributed by atoms with van der Waals surface area (Å²) in [6.45, 7) is 2.13. The summed E-state index contributed by atoms with van der Waals surface area (Å²) in [5.41, 5.74) is 3.63. The van der Waals surface area contributed by atoms with Gasteiger partial charge >= 0.3 is 0 Å². The lowest BCUT2D eigenvalue weighted by atomic mass is 10.0. The van der Waals surface area contributed by atoms with Gasteiger partial charge in [-0.25, -0.2) is 0 Å². The lowest BCUT2D eigenvalue weighted by Crippen LogP contribution is -2.14. The summed E-state index contributed by atoms with van der Waals surface area (Å²) < 4.78 is 6.18. The molecule has 0 atom stereocenters. The van der Waals surface area contributed by atoms with Crippen LogP contribution in [-0.4, -0.2) is 11.7 Å². The number of hydrogen-bond acceptors (Lipinski definition) is 3. The van der Waals surface area contributed by atoms with Gasteiger partial charge in [0.25, 0.3) is 0 Å². The molecule has 0 aromatic heterocycles. The van der Waals surface area contributed by atoms with Crippen molar-refractivity contribution in [3.05, 3.63) is 108 Å². The predicted molar refractivity (Wildman–Crippen MR) is 139 cm³/mol. The van der Waals surface area contributed by atoms with Crippen LogP contribution in [0.3, 0.4) is 0 Å². The molecule has 0 saturated heterocycles. The molecule has 0 heterocycles. The van der Waals surface area contributed by atoms with E-state index in [0.717, 1.165) is 22.4 Å². The first-order valence-corrected chi connectivity index (χ1v) is 12.1. The van der Waals surface area contributed by atoms with E-state index in [0.29, 0.717) is 28.6 Å². The zero-order valence-corrected chi connectivity index (χ0v) is 19.8. The summed E-state index contributed by atoms with van der Waals surface area (Å²) in [5.74, 6) is 2.28. The standard InChI is InChI=1S/C28H24ClNO2S/c1-2-33-25-15-8-20(9-16-25)18-28(31)30-23-12-17-26(21-6-4-3-5-7-21)27(19-23)32-24-13-10-22(29)11-14-24/h3-17,19H,2,18H2,1H3,(H,30,31). The van der Waals surface area contributed by atoms with Crippen LogP contribution in [-0.2, 0) is 11.2 Å². The highest BCUT2D eigenvalue weighted by Gasteiger charge is 2.11. The number of thioether (sulfide) groups is 1. The number of benzene rings is 4. The van der Waals surface area contributed by atoms with Crippen LogP contribution in [0, 0.1) is 0 Å². The van der Waals surface area contributed by atoms with Crippen molar-refractivity contribution in [2.24, 2.45) is 0 Å². The highest BCUT2D eigenvalue weighted by Crippen LogP contribution is 2.36. The highest BCUT2D eigenvalue weighted by atomic mass is 35.5. The minimum atomic E-state index is -0.0733. The number of hydrogen-bond donors (Lipinski definition) is 1. The quantitative estimate of drug-likeness (QED) is 0.263. The van der Waals surface area contributed by atoms with Crippen LogP contribution in [0.1, 0.15) is 12.5 Å². The van der Waals surface area contributed by atoms with Crippen molar-refractivity contribution >= 4 is 35.0 Å². The van der Waals surface area contributed by atoms with Gasteiger partial charge in [-0.15, -0.1) is 11.8 Å². The van der Waals surface area contributed by atoms with E-state index >= 15 is 0 Å². The number of carbonyl (C=O) groups excluding carboxylic acids is 1. The fourth-order valence-electron chi connectivity index (χ4n) is 3.43.